The van der Waals surface area contributed by atoms with Gasteiger partial charge in [0.25, 0.3) is 0 Å². The average Bonchev–Trinajstić information content (AvgIpc) is 3.52. The number of ether oxygens (including phenoxy) is 2. The number of aromatic nitrogens is 6. The second-order valence-corrected chi connectivity index (χ2v) is 11.9. The van der Waals surface area contributed by atoms with Gasteiger partial charge in [-0.3, -0.25) is 13.8 Å². The molecule has 42 heavy (non-hydrogen) atoms. The van der Waals surface area contributed by atoms with E-state index in [-0.39, 0.29) is 0 Å². The van der Waals surface area contributed by atoms with E-state index in [0.29, 0.717) is 65.9 Å². The van der Waals surface area contributed by atoms with Crippen molar-refractivity contribution < 1.29 is 14.3 Å². The highest BCUT2D eigenvalue weighted by Crippen LogP contribution is 2.40. The van der Waals surface area contributed by atoms with Crippen molar-refractivity contribution in [2.24, 2.45) is 13.0 Å². The molecule has 6 rings (SSSR count). The van der Waals surface area contributed by atoms with Crippen LogP contribution in [0.25, 0.3) is 22.6 Å². The number of para-hydroxylation sites is 1. The molecule has 0 radical (unpaired) electrons. The largest absolute Gasteiger partial charge is 0.494 e. The molecule has 13 heteroatoms. The highest BCUT2D eigenvalue weighted by molar-refractivity contribution is 14.2. The van der Waals surface area contributed by atoms with Gasteiger partial charge in [0.1, 0.15) is 30.1 Å². The van der Waals surface area contributed by atoms with Crippen LogP contribution in [0.5, 0.6) is 5.75 Å². The van der Waals surface area contributed by atoms with Crippen LogP contribution >= 0.6 is 28.4 Å². The summed E-state index contributed by atoms with van der Waals surface area (Å²) in [5, 5.41) is 10.5. The van der Waals surface area contributed by atoms with Crippen molar-refractivity contribution in [2.75, 3.05) is 17.7 Å². The summed E-state index contributed by atoms with van der Waals surface area (Å²) in [5.74, 6) is 3.34. The summed E-state index contributed by atoms with van der Waals surface area (Å²) in [7, 11) is 3.41. The third kappa shape index (κ3) is 7.23. The van der Waals surface area contributed by atoms with Crippen LogP contribution in [0.3, 0.4) is 0 Å². The quantitative estimate of drug-likeness (QED) is 0.0915. The molecule has 11 nitrogen and oxygen atoms in total. The number of hydrogen-bond donors (Lipinski definition) is 2. The second kappa shape index (κ2) is 14.0. The fraction of sp³-hybridized carbons (Fsp3) is 0.276. The van der Waals surface area contributed by atoms with Crippen LogP contribution < -0.4 is 15.4 Å². The summed E-state index contributed by atoms with van der Waals surface area (Å²) < 4.78 is 15.4. The standard InChI is InChI=1S/C25H24IN8O3P.C4H8/c1-33-14-27-24(32-33)17-9-6-10-18(23(17)36-2)29-19-11-20(28-15-35)30-25-22(19)31-21(34(25)38-26)13-37-12-16-7-4-3-5-8-16;1-4-2-3-4/h3-11,14-15,38H,12-13H2,1-2H3,(H2,28,29,30,35);4H,2-3H2,1H3. The Morgan fingerprint density at radius 3 is 2.52 bits per heavy atom. The molecular weight excluding hydrogens is 666 g/mol. The first-order valence-corrected chi connectivity index (χ1v) is 17.5. The van der Waals surface area contributed by atoms with Crippen LogP contribution in [0, 0.1) is 5.92 Å². The second-order valence-electron chi connectivity index (χ2n) is 9.85. The SMILES string of the molecule is CC1CC1.COc1c(Nc2cc(NC=O)nc3c2nc(COCc2ccccc2)n3PI)cccc1-c1ncn(C)n1. The molecule has 1 atom stereocenters. The average molecular weight is 699 g/mol. The first-order chi connectivity index (χ1) is 20.5. The molecular formula is C29H32IN8O3P. The van der Waals surface area contributed by atoms with Gasteiger partial charge < -0.3 is 20.1 Å². The van der Waals surface area contributed by atoms with Gasteiger partial charge in [0.15, 0.2) is 17.2 Å². The number of pyridine rings is 1. The summed E-state index contributed by atoms with van der Waals surface area (Å²) in [6.07, 6.45) is 5.53. The fourth-order valence-electron chi connectivity index (χ4n) is 4.15. The lowest BCUT2D eigenvalue weighted by Gasteiger charge is -2.15. The van der Waals surface area contributed by atoms with Crippen molar-refractivity contribution >= 4 is 63.2 Å². The first kappa shape index (κ1) is 29.9. The van der Waals surface area contributed by atoms with Crippen molar-refractivity contribution in [3.05, 3.63) is 72.3 Å². The van der Waals surface area contributed by atoms with Crippen molar-refractivity contribution in [3.8, 4) is 17.1 Å². The number of carbonyl (C=O) groups is 1. The van der Waals surface area contributed by atoms with Crippen molar-refractivity contribution in [1.82, 2.24) is 29.1 Å². The predicted molar refractivity (Wildman–Crippen MR) is 175 cm³/mol. The smallest absolute Gasteiger partial charge is 0.212 e. The summed E-state index contributed by atoms with van der Waals surface area (Å²) in [5.41, 5.74) is 4.44. The molecule has 1 aliphatic rings. The molecule has 1 amide bonds. The molecule has 2 N–H and O–H groups in total. The topological polar surface area (TPSA) is 121 Å². The van der Waals surface area contributed by atoms with Crippen molar-refractivity contribution in [3.63, 3.8) is 0 Å². The molecule has 1 aliphatic carbocycles. The Morgan fingerprint density at radius 1 is 1.10 bits per heavy atom. The number of halogens is 1. The van der Waals surface area contributed by atoms with Gasteiger partial charge in [-0.2, -0.15) is 5.10 Å². The predicted octanol–water partition coefficient (Wildman–Crippen LogP) is 6.47. The van der Waals surface area contributed by atoms with E-state index in [1.54, 1.807) is 24.2 Å². The third-order valence-electron chi connectivity index (χ3n) is 6.51. The lowest BCUT2D eigenvalue weighted by molar-refractivity contribution is -0.105. The Hall–Kier alpha value is -3.61. The van der Waals surface area contributed by atoms with E-state index >= 15 is 0 Å². The number of carbonyl (C=O) groups excluding carboxylic acids is 1. The minimum absolute atomic E-state index is 0.307. The monoisotopic (exact) mass is 698 g/mol. The number of benzene rings is 2. The first-order valence-electron chi connectivity index (χ1n) is 13.4. The molecule has 0 bridgehead atoms. The molecule has 0 aliphatic heterocycles. The van der Waals surface area contributed by atoms with Gasteiger partial charge in [-0.1, -0.05) is 56.2 Å². The zero-order chi connectivity index (χ0) is 29.5. The summed E-state index contributed by atoms with van der Waals surface area (Å²) in [4.78, 5) is 25.2. The van der Waals surface area contributed by atoms with Crippen LogP contribution in [-0.2, 0) is 29.8 Å². The Balaban J connectivity index is 0.000000813. The number of anilines is 3. The van der Waals surface area contributed by atoms with Gasteiger partial charge in [0.2, 0.25) is 6.41 Å². The summed E-state index contributed by atoms with van der Waals surface area (Å²) in [6.45, 7) is 3.05. The number of fused-ring (bicyclic) bond motifs is 1. The minimum Gasteiger partial charge on any atom is -0.494 e. The molecule has 3 heterocycles. The van der Waals surface area contributed by atoms with Crippen molar-refractivity contribution in [1.29, 1.82) is 0 Å². The molecule has 1 unspecified atom stereocenters. The Labute approximate surface area is 258 Å². The van der Waals surface area contributed by atoms with E-state index in [2.05, 4.69) is 54.7 Å². The third-order valence-corrected chi connectivity index (χ3v) is 8.60. The molecule has 1 fully saturated rings. The van der Waals surface area contributed by atoms with E-state index in [0.717, 1.165) is 22.9 Å². The van der Waals surface area contributed by atoms with E-state index in [4.69, 9.17) is 14.5 Å². The minimum atomic E-state index is 0.307. The van der Waals surface area contributed by atoms with Crippen LogP contribution in [0.2, 0.25) is 0 Å². The summed E-state index contributed by atoms with van der Waals surface area (Å²) in [6, 6.07) is 17.4. The van der Waals surface area contributed by atoms with Gasteiger partial charge in [0.05, 0.1) is 37.0 Å². The molecule has 2 aromatic carbocycles. The Morgan fingerprint density at radius 2 is 1.88 bits per heavy atom. The van der Waals surface area contributed by atoms with Gasteiger partial charge in [-0.05, 0) is 45.7 Å². The maximum atomic E-state index is 11.3. The Kier molecular flexibility index (Phi) is 9.98. The number of amides is 1. The van der Waals surface area contributed by atoms with Gasteiger partial charge in [-0.25, -0.2) is 15.0 Å². The van der Waals surface area contributed by atoms with E-state index < -0.39 is 0 Å². The molecule has 5 aromatic rings. The van der Waals surface area contributed by atoms with Crippen LogP contribution in [0.15, 0.2) is 60.9 Å². The number of rotatable bonds is 11. The molecule has 0 saturated heterocycles. The lowest BCUT2D eigenvalue weighted by atomic mass is 10.1. The number of hydrogen-bond acceptors (Lipinski definition) is 8. The highest BCUT2D eigenvalue weighted by atomic mass is 127. The number of nitrogens with one attached hydrogen (secondary N) is 2. The molecule has 218 valence electrons. The Bertz CT molecular complexity index is 1660. The van der Waals surface area contributed by atoms with Gasteiger partial charge in [-0.15, -0.1) is 0 Å². The van der Waals surface area contributed by atoms with Gasteiger partial charge in [0, 0.05) is 13.1 Å². The number of aryl methyl sites for hydroxylation is 1. The van der Waals surface area contributed by atoms with Crippen LogP contribution in [0.1, 0.15) is 31.2 Å². The van der Waals surface area contributed by atoms with Gasteiger partial charge >= 0.3 is 0 Å². The molecule has 3 aromatic heterocycles. The maximum Gasteiger partial charge on any atom is 0.212 e. The molecule has 1 saturated carbocycles. The summed E-state index contributed by atoms with van der Waals surface area (Å²) >= 11 is 2.29. The van der Waals surface area contributed by atoms with E-state index in [9.17, 15) is 4.79 Å². The zero-order valence-corrected chi connectivity index (χ0v) is 26.7. The fourth-order valence-corrected chi connectivity index (χ4v) is 6.12. The van der Waals surface area contributed by atoms with Crippen LogP contribution in [0.4, 0.5) is 17.2 Å². The number of imidazole rings is 1. The molecule has 0 spiro atoms. The highest BCUT2D eigenvalue weighted by Gasteiger charge is 2.20. The lowest BCUT2D eigenvalue weighted by Crippen LogP contribution is -2.02. The number of nitrogens with zero attached hydrogens (tertiary/aromatic N) is 6. The number of methoxy groups -OCH3 is 1. The van der Waals surface area contributed by atoms with E-state index in [1.807, 2.05) is 59.9 Å². The zero-order valence-electron chi connectivity index (χ0n) is 23.5. The normalized spacial score (nSPS) is 12.8. The van der Waals surface area contributed by atoms with Crippen LogP contribution in [-0.4, -0.2) is 42.6 Å². The van der Waals surface area contributed by atoms with Crippen molar-refractivity contribution in [2.45, 2.75) is 33.0 Å². The van der Waals surface area contributed by atoms with E-state index in [1.165, 1.54) is 12.8 Å². The maximum absolute atomic E-state index is 11.3.